The van der Waals surface area contributed by atoms with Gasteiger partial charge in [-0.1, -0.05) is 0 Å². The molecule has 3 saturated carbocycles. The van der Waals surface area contributed by atoms with Crippen LogP contribution in [-0.2, 0) is 14.3 Å². The van der Waals surface area contributed by atoms with Gasteiger partial charge in [0.1, 0.15) is 12.2 Å². The van der Waals surface area contributed by atoms with Gasteiger partial charge in [-0.05, 0) is 50.9 Å². The molecule has 0 aromatic carbocycles. The van der Waals surface area contributed by atoms with Gasteiger partial charge in [-0.2, -0.15) is 5.26 Å². The lowest BCUT2D eigenvalue weighted by Crippen LogP contribution is -2.57. The van der Waals surface area contributed by atoms with Crippen LogP contribution in [0, 0.1) is 16.7 Å². The van der Waals surface area contributed by atoms with Gasteiger partial charge in [-0.15, -0.1) is 0 Å². The molecule has 2 atom stereocenters. The number of nitriles is 1. The summed E-state index contributed by atoms with van der Waals surface area (Å²) in [6.07, 6.45) is 5.20. The minimum atomic E-state index is -1.10. The predicted octanol–water partition coefficient (Wildman–Crippen LogP) is 2.08. The molecular weight excluding hydrogens is 337 g/mol. The number of fused-ring (bicyclic) bond motifs is 3. The molecule has 0 spiro atoms. The van der Waals surface area contributed by atoms with Crippen LogP contribution in [0.25, 0.3) is 0 Å². The summed E-state index contributed by atoms with van der Waals surface area (Å²) < 4.78 is 18.6. The number of likely N-dealkylation sites (tertiary alicyclic amines) is 1. The van der Waals surface area contributed by atoms with Crippen molar-refractivity contribution >= 4 is 11.9 Å². The van der Waals surface area contributed by atoms with E-state index in [0.717, 1.165) is 38.5 Å². The molecule has 6 nitrogen and oxygen atoms in total. The van der Waals surface area contributed by atoms with Gasteiger partial charge in [0, 0.05) is 12.0 Å². The molecule has 0 aromatic rings. The Balaban J connectivity index is 1.51. The van der Waals surface area contributed by atoms with Gasteiger partial charge in [-0.3, -0.25) is 9.59 Å². The Kier molecular flexibility index (Phi) is 5.52. The molecule has 4 fully saturated rings. The van der Waals surface area contributed by atoms with E-state index in [9.17, 15) is 14.0 Å². The van der Waals surface area contributed by atoms with Crippen LogP contribution in [0.15, 0.2) is 0 Å². The third kappa shape index (κ3) is 3.85. The number of carbonyl (C=O) groups is 2. The molecule has 1 saturated heterocycles. The van der Waals surface area contributed by atoms with Crippen LogP contribution in [0.4, 0.5) is 4.39 Å². The molecule has 1 heterocycles. The van der Waals surface area contributed by atoms with Crippen LogP contribution >= 0.6 is 0 Å². The first-order valence-corrected chi connectivity index (χ1v) is 9.65. The summed E-state index contributed by atoms with van der Waals surface area (Å²) in [6, 6.07) is 1.38. The van der Waals surface area contributed by atoms with Crippen molar-refractivity contribution in [2.75, 3.05) is 19.7 Å². The van der Waals surface area contributed by atoms with Gasteiger partial charge in [0.05, 0.1) is 32.2 Å². The zero-order valence-electron chi connectivity index (χ0n) is 15.4. The van der Waals surface area contributed by atoms with Crippen molar-refractivity contribution in [3.63, 3.8) is 0 Å². The third-order valence-corrected chi connectivity index (χ3v) is 6.56. The summed E-state index contributed by atoms with van der Waals surface area (Å²) in [6.45, 7) is 2.41. The van der Waals surface area contributed by atoms with Gasteiger partial charge in [-0.25, -0.2) is 4.39 Å². The maximum absolute atomic E-state index is 13.5. The largest absolute Gasteiger partial charge is 0.466 e. The van der Waals surface area contributed by atoms with E-state index in [1.54, 1.807) is 0 Å². The van der Waals surface area contributed by atoms with Crippen molar-refractivity contribution in [2.24, 2.45) is 5.41 Å². The van der Waals surface area contributed by atoms with E-state index in [1.807, 2.05) is 13.0 Å². The lowest BCUT2D eigenvalue weighted by Gasteiger charge is -2.53. The van der Waals surface area contributed by atoms with Gasteiger partial charge >= 0.3 is 5.97 Å². The second-order valence-electron chi connectivity index (χ2n) is 8.14. The van der Waals surface area contributed by atoms with E-state index < -0.39 is 12.2 Å². The number of carbonyl (C=O) groups excluding carboxylic acids is 2. The molecule has 1 aliphatic heterocycles. The summed E-state index contributed by atoms with van der Waals surface area (Å²) in [4.78, 5) is 25.7. The minimum absolute atomic E-state index is 0.0222. The maximum atomic E-state index is 13.5. The molecular formula is C19H28FN3O3. The Labute approximate surface area is 154 Å². The van der Waals surface area contributed by atoms with Gasteiger partial charge < -0.3 is 15.0 Å². The topological polar surface area (TPSA) is 82.4 Å². The number of nitrogens with zero attached hydrogens (tertiary/aromatic N) is 2. The SMILES string of the molecule is CCOC(=O)CC12CCC(NCC(=O)N3C[C@@H](F)C[C@H]3C#N)(CC1)CC2. The quantitative estimate of drug-likeness (QED) is 0.729. The Morgan fingerprint density at radius 2 is 1.92 bits per heavy atom. The fourth-order valence-corrected chi connectivity index (χ4v) is 4.86. The smallest absolute Gasteiger partial charge is 0.306 e. The van der Waals surface area contributed by atoms with Gasteiger partial charge in [0.15, 0.2) is 0 Å². The highest BCUT2D eigenvalue weighted by molar-refractivity contribution is 5.79. The first-order valence-electron chi connectivity index (χ1n) is 9.65. The number of ether oxygens (including phenoxy) is 1. The Bertz CT molecular complexity index is 579. The molecule has 1 amide bonds. The zero-order valence-corrected chi connectivity index (χ0v) is 15.4. The monoisotopic (exact) mass is 365 g/mol. The summed E-state index contributed by atoms with van der Waals surface area (Å²) >= 11 is 0. The molecule has 4 aliphatic rings. The van der Waals surface area contributed by atoms with Gasteiger partial charge in [0.25, 0.3) is 0 Å². The van der Waals surface area contributed by atoms with E-state index >= 15 is 0 Å². The highest BCUT2D eigenvalue weighted by Crippen LogP contribution is 2.54. The molecule has 0 aromatic heterocycles. The second kappa shape index (κ2) is 7.51. The number of hydrogen-bond acceptors (Lipinski definition) is 5. The average molecular weight is 365 g/mol. The first kappa shape index (κ1) is 19.1. The van der Waals surface area contributed by atoms with Crippen LogP contribution in [-0.4, -0.2) is 54.2 Å². The summed E-state index contributed by atoms with van der Waals surface area (Å²) in [5.74, 6) is -0.303. The Morgan fingerprint density at radius 1 is 1.27 bits per heavy atom. The molecule has 2 bridgehead atoms. The van der Waals surface area contributed by atoms with Crippen molar-refractivity contribution < 1.29 is 18.7 Å². The summed E-state index contributed by atoms with van der Waals surface area (Å²) in [5.41, 5.74) is -0.00888. The Morgan fingerprint density at radius 3 is 2.50 bits per heavy atom. The molecule has 3 aliphatic carbocycles. The van der Waals surface area contributed by atoms with Crippen LogP contribution in [0.1, 0.15) is 58.3 Å². The molecule has 144 valence electrons. The van der Waals surface area contributed by atoms with E-state index in [1.165, 1.54) is 4.90 Å². The third-order valence-electron chi connectivity index (χ3n) is 6.56. The molecule has 0 radical (unpaired) electrons. The molecule has 7 heteroatoms. The van der Waals surface area contributed by atoms with Crippen molar-refractivity contribution in [2.45, 2.75) is 76.0 Å². The number of amides is 1. The highest BCUT2D eigenvalue weighted by Gasteiger charge is 2.49. The lowest BCUT2D eigenvalue weighted by atomic mass is 9.56. The van der Waals surface area contributed by atoms with Crippen LogP contribution < -0.4 is 5.32 Å². The molecule has 1 N–H and O–H groups in total. The molecule has 0 unspecified atom stereocenters. The van der Waals surface area contributed by atoms with E-state index in [2.05, 4.69) is 5.32 Å². The number of nitrogens with one attached hydrogen (secondary N) is 1. The zero-order chi connectivity index (χ0) is 18.8. The number of halogens is 1. The van der Waals surface area contributed by atoms with Crippen LogP contribution in [0.3, 0.4) is 0 Å². The first-order chi connectivity index (χ1) is 12.4. The van der Waals surface area contributed by atoms with Gasteiger partial charge in [0.2, 0.25) is 5.91 Å². The predicted molar refractivity (Wildman–Crippen MR) is 92.7 cm³/mol. The number of alkyl halides is 1. The fraction of sp³-hybridized carbons (Fsp3) is 0.842. The van der Waals surface area contributed by atoms with E-state index in [4.69, 9.17) is 10.00 Å². The van der Waals surface area contributed by atoms with Crippen molar-refractivity contribution in [3.8, 4) is 6.07 Å². The van der Waals surface area contributed by atoms with E-state index in [0.29, 0.717) is 13.0 Å². The van der Waals surface area contributed by atoms with Crippen molar-refractivity contribution in [1.29, 1.82) is 5.26 Å². The van der Waals surface area contributed by atoms with E-state index in [-0.39, 0.29) is 42.3 Å². The number of rotatable bonds is 6. The summed E-state index contributed by atoms with van der Waals surface area (Å²) in [7, 11) is 0. The average Bonchev–Trinajstić information content (AvgIpc) is 3.02. The molecule has 4 rings (SSSR count). The van der Waals surface area contributed by atoms with Crippen molar-refractivity contribution in [1.82, 2.24) is 10.2 Å². The fourth-order valence-electron chi connectivity index (χ4n) is 4.86. The normalized spacial score (nSPS) is 36.0. The van der Waals surface area contributed by atoms with Crippen LogP contribution in [0.2, 0.25) is 0 Å². The highest BCUT2D eigenvalue weighted by atomic mass is 19.1. The lowest BCUT2D eigenvalue weighted by molar-refractivity contribution is -0.148. The standard InChI is InChI=1S/C19H28FN3O3/c1-2-26-17(25)10-18-3-6-19(7-4-18,8-5-18)22-12-16(24)23-13-14(20)9-15(23)11-21/h14-15,22H,2-10,12-13H2,1H3/t14-,15-,18?,19?/m0/s1. The van der Waals surface area contributed by atoms with Crippen LogP contribution in [0.5, 0.6) is 0 Å². The molecule has 26 heavy (non-hydrogen) atoms. The second-order valence-corrected chi connectivity index (χ2v) is 8.14. The minimum Gasteiger partial charge on any atom is -0.466 e. The number of hydrogen-bond donors (Lipinski definition) is 1. The maximum Gasteiger partial charge on any atom is 0.306 e. The van der Waals surface area contributed by atoms with Crippen molar-refractivity contribution in [3.05, 3.63) is 0 Å². The number of esters is 1. The Hall–Kier alpha value is -1.68. The summed E-state index contributed by atoms with van der Waals surface area (Å²) in [5, 5.41) is 12.5.